The molecule has 0 bridgehead atoms. The van der Waals surface area contributed by atoms with Gasteiger partial charge in [0.25, 0.3) is 0 Å². The molecule has 1 aliphatic rings. The molecule has 2 N–H and O–H groups in total. The van der Waals surface area contributed by atoms with Crippen molar-refractivity contribution >= 4 is 5.91 Å². The van der Waals surface area contributed by atoms with Gasteiger partial charge < -0.3 is 10.6 Å². The van der Waals surface area contributed by atoms with E-state index in [0.29, 0.717) is 18.9 Å². The molecule has 1 aliphatic heterocycles. The van der Waals surface area contributed by atoms with E-state index in [0.717, 1.165) is 24.9 Å². The second kappa shape index (κ2) is 7.08. The number of likely N-dealkylation sites (tertiary alicyclic amines) is 1. The van der Waals surface area contributed by atoms with Crippen molar-refractivity contribution in [2.75, 3.05) is 13.1 Å². The van der Waals surface area contributed by atoms with E-state index in [9.17, 15) is 4.79 Å². The summed E-state index contributed by atoms with van der Waals surface area (Å²) in [5, 5.41) is 0. The van der Waals surface area contributed by atoms with Crippen LogP contribution in [0.4, 0.5) is 0 Å². The van der Waals surface area contributed by atoms with Crippen molar-refractivity contribution in [3.8, 4) is 0 Å². The molecule has 2 unspecified atom stereocenters. The first-order valence-corrected chi connectivity index (χ1v) is 8.11. The first-order valence-electron chi connectivity index (χ1n) is 8.11. The molecule has 2 atom stereocenters. The highest BCUT2D eigenvalue weighted by atomic mass is 16.2. The van der Waals surface area contributed by atoms with Crippen LogP contribution in [-0.2, 0) is 4.79 Å². The van der Waals surface area contributed by atoms with Crippen LogP contribution in [0.2, 0.25) is 0 Å². The fourth-order valence-electron chi connectivity index (χ4n) is 3.27. The Morgan fingerprint density at radius 2 is 2.10 bits per heavy atom. The van der Waals surface area contributed by atoms with Crippen molar-refractivity contribution in [2.45, 2.75) is 52.5 Å². The quantitative estimate of drug-likeness (QED) is 0.923. The first-order chi connectivity index (χ1) is 10.0. The summed E-state index contributed by atoms with van der Waals surface area (Å²) < 4.78 is 0. The minimum absolute atomic E-state index is 0.0901. The highest BCUT2D eigenvalue weighted by molar-refractivity contribution is 5.76. The van der Waals surface area contributed by atoms with Crippen LogP contribution < -0.4 is 5.73 Å². The Morgan fingerprint density at radius 3 is 2.76 bits per heavy atom. The Morgan fingerprint density at radius 1 is 1.33 bits per heavy atom. The third-order valence-electron chi connectivity index (χ3n) is 4.75. The molecule has 3 heteroatoms. The number of rotatable bonds is 4. The van der Waals surface area contributed by atoms with Crippen molar-refractivity contribution in [1.82, 2.24) is 4.90 Å². The van der Waals surface area contributed by atoms with Crippen molar-refractivity contribution in [1.29, 1.82) is 0 Å². The number of hydrogen-bond acceptors (Lipinski definition) is 2. The molecule has 1 heterocycles. The number of carbonyl (C=O) groups is 1. The maximum absolute atomic E-state index is 12.3. The summed E-state index contributed by atoms with van der Waals surface area (Å²) in [7, 11) is 0. The Labute approximate surface area is 128 Å². The largest absolute Gasteiger partial charge is 0.341 e. The number of amides is 1. The molecular formula is C18H28N2O. The highest BCUT2D eigenvalue weighted by Crippen LogP contribution is 2.23. The second-order valence-electron chi connectivity index (χ2n) is 6.41. The van der Waals surface area contributed by atoms with Crippen LogP contribution in [0.25, 0.3) is 0 Å². The fraction of sp³-hybridized carbons (Fsp3) is 0.611. The molecule has 1 fully saturated rings. The van der Waals surface area contributed by atoms with E-state index < -0.39 is 0 Å². The summed E-state index contributed by atoms with van der Waals surface area (Å²) in [6.45, 7) is 7.90. The molecule has 0 aliphatic carbocycles. The lowest BCUT2D eigenvalue weighted by atomic mass is 9.98. The Balaban J connectivity index is 2.04. The average molecular weight is 288 g/mol. The van der Waals surface area contributed by atoms with Gasteiger partial charge in [0.1, 0.15) is 0 Å². The number of nitrogens with two attached hydrogens (primary N) is 1. The lowest BCUT2D eigenvalue weighted by Crippen LogP contribution is -2.37. The van der Waals surface area contributed by atoms with Gasteiger partial charge in [-0.15, -0.1) is 0 Å². The third-order valence-corrected chi connectivity index (χ3v) is 4.75. The van der Waals surface area contributed by atoms with Crippen molar-refractivity contribution in [3.63, 3.8) is 0 Å². The fourth-order valence-corrected chi connectivity index (χ4v) is 3.27. The van der Waals surface area contributed by atoms with E-state index >= 15 is 0 Å². The van der Waals surface area contributed by atoms with Crippen LogP contribution in [0.15, 0.2) is 18.2 Å². The molecular weight excluding hydrogens is 260 g/mol. The number of nitrogens with zero attached hydrogens (tertiary/aromatic N) is 1. The van der Waals surface area contributed by atoms with Gasteiger partial charge in [-0.3, -0.25) is 4.79 Å². The third kappa shape index (κ3) is 4.07. The smallest absolute Gasteiger partial charge is 0.222 e. The minimum atomic E-state index is -0.0901. The molecule has 0 aromatic heterocycles. The lowest BCUT2D eigenvalue weighted by Gasteiger charge is -2.25. The lowest BCUT2D eigenvalue weighted by molar-refractivity contribution is -0.130. The monoisotopic (exact) mass is 288 g/mol. The first kappa shape index (κ1) is 16.0. The molecule has 0 spiro atoms. The van der Waals surface area contributed by atoms with Gasteiger partial charge in [0.05, 0.1) is 0 Å². The molecule has 1 amide bonds. The summed E-state index contributed by atoms with van der Waals surface area (Å²) in [6, 6.07) is 6.27. The molecule has 116 valence electrons. The van der Waals surface area contributed by atoms with Gasteiger partial charge in [-0.05, 0) is 43.7 Å². The Hall–Kier alpha value is -1.35. The molecule has 1 aromatic rings. The van der Waals surface area contributed by atoms with E-state index in [1.54, 1.807) is 0 Å². The van der Waals surface area contributed by atoms with Crippen LogP contribution in [0.3, 0.4) is 0 Å². The van der Waals surface area contributed by atoms with Crippen molar-refractivity contribution in [2.24, 2.45) is 11.7 Å². The van der Waals surface area contributed by atoms with Gasteiger partial charge in [0.15, 0.2) is 0 Å². The standard InChI is InChI=1S/C18H28N2O/c1-4-15-6-8-18(21)20(10-9-15)12-17(19)16-7-5-13(2)11-14(16)3/h5,7,11,15,17H,4,6,8-10,12,19H2,1-3H3. The number of hydrogen-bond donors (Lipinski definition) is 1. The molecule has 3 nitrogen and oxygen atoms in total. The maximum atomic E-state index is 12.3. The predicted molar refractivity (Wildman–Crippen MR) is 87.1 cm³/mol. The summed E-state index contributed by atoms with van der Waals surface area (Å²) in [5.74, 6) is 0.961. The SMILES string of the molecule is CCC1CCC(=O)N(CC(N)c2ccc(C)cc2C)CC1. The van der Waals surface area contributed by atoms with E-state index in [1.807, 2.05) is 4.90 Å². The summed E-state index contributed by atoms with van der Waals surface area (Å²) >= 11 is 0. The van der Waals surface area contributed by atoms with Crippen LogP contribution in [0.5, 0.6) is 0 Å². The van der Waals surface area contributed by atoms with Crippen LogP contribution in [0.1, 0.15) is 55.3 Å². The predicted octanol–water partition coefficient (Wildman–Crippen LogP) is 3.34. The molecule has 0 radical (unpaired) electrons. The number of aryl methyl sites for hydroxylation is 2. The number of benzene rings is 1. The zero-order valence-electron chi connectivity index (χ0n) is 13.6. The maximum Gasteiger partial charge on any atom is 0.222 e. The Kier molecular flexibility index (Phi) is 5.40. The molecule has 0 saturated carbocycles. The van der Waals surface area contributed by atoms with Gasteiger partial charge in [-0.2, -0.15) is 0 Å². The van der Waals surface area contributed by atoms with E-state index in [2.05, 4.69) is 39.0 Å². The van der Waals surface area contributed by atoms with E-state index in [-0.39, 0.29) is 11.9 Å². The van der Waals surface area contributed by atoms with Crippen molar-refractivity contribution in [3.05, 3.63) is 34.9 Å². The summed E-state index contributed by atoms with van der Waals surface area (Å²) in [4.78, 5) is 14.2. The average Bonchev–Trinajstić information content (AvgIpc) is 2.61. The normalized spacial score (nSPS) is 21.2. The molecule has 1 saturated heterocycles. The van der Waals surface area contributed by atoms with Crippen LogP contribution in [-0.4, -0.2) is 23.9 Å². The topological polar surface area (TPSA) is 46.3 Å². The van der Waals surface area contributed by atoms with Gasteiger partial charge in [0.2, 0.25) is 5.91 Å². The molecule has 1 aromatic carbocycles. The highest BCUT2D eigenvalue weighted by Gasteiger charge is 2.23. The van der Waals surface area contributed by atoms with Gasteiger partial charge in [0, 0.05) is 25.6 Å². The van der Waals surface area contributed by atoms with Crippen molar-refractivity contribution < 1.29 is 4.79 Å². The zero-order valence-corrected chi connectivity index (χ0v) is 13.6. The minimum Gasteiger partial charge on any atom is -0.341 e. The summed E-state index contributed by atoms with van der Waals surface area (Å²) in [6.07, 6.45) is 3.99. The molecule has 21 heavy (non-hydrogen) atoms. The zero-order chi connectivity index (χ0) is 15.4. The number of carbonyl (C=O) groups excluding carboxylic acids is 1. The van der Waals surface area contributed by atoms with Gasteiger partial charge >= 0.3 is 0 Å². The van der Waals surface area contributed by atoms with Crippen LogP contribution in [0, 0.1) is 19.8 Å². The Bertz CT molecular complexity index is 498. The van der Waals surface area contributed by atoms with E-state index in [4.69, 9.17) is 5.73 Å². The van der Waals surface area contributed by atoms with Crippen LogP contribution >= 0.6 is 0 Å². The summed E-state index contributed by atoms with van der Waals surface area (Å²) in [5.41, 5.74) is 9.99. The second-order valence-corrected chi connectivity index (χ2v) is 6.41. The molecule has 2 rings (SSSR count). The van der Waals surface area contributed by atoms with Gasteiger partial charge in [-0.25, -0.2) is 0 Å². The van der Waals surface area contributed by atoms with Gasteiger partial charge in [-0.1, -0.05) is 37.1 Å². The van der Waals surface area contributed by atoms with E-state index in [1.165, 1.54) is 17.5 Å².